The van der Waals surface area contributed by atoms with Gasteiger partial charge in [0.05, 0.1) is 30.6 Å². The van der Waals surface area contributed by atoms with Crippen molar-refractivity contribution in [2.45, 2.75) is 0 Å². The highest BCUT2D eigenvalue weighted by Gasteiger charge is 2.19. The molecule has 1 aromatic heterocycles. The number of furan rings is 1. The fourth-order valence-corrected chi connectivity index (χ4v) is 3.49. The highest BCUT2D eigenvalue weighted by atomic mass is 35.5. The zero-order valence-electron chi connectivity index (χ0n) is 16.0. The molecule has 3 rings (SSSR count). The molecule has 0 saturated carbocycles. The molecule has 0 saturated heterocycles. The predicted molar refractivity (Wildman–Crippen MR) is 121 cm³/mol. The number of benzene rings is 2. The van der Waals surface area contributed by atoms with Crippen LogP contribution < -0.4 is 5.32 Å². The number of non-ortho nitro benzene ring substituents is 2. The maximum Gasteiger partial charge on any atom is 0.272 e. The number of amides is 1. The molecular formula is C20H9Cl3N4O6. The number of anilines is 1. The minimum absolute atomic E-state index is 0.0785. The summed E-state index contributed by atoms with van der Waals surface area (Å²) in [6, 6.07) is 10.5. The number of nitrogens with zero attached hydrogens (tertiary/aromatic N) is 3. The number of carbonyl (C=O) groups is 1. The number of hydrogen-bond acceptors (Lipinski definition) is 7. The van der Waals surface area contributed by atoms with Crippen molar-refractivity contribution in [3.05, 3.63) is 89.1 Å². The first-order chi connectivity index (χ1) is 15.6. The average Bonchev–Trinajstić information content (AvgIpc) is 3.22. The van der Waals surface area contributed by atoms with Gasteiger partial charge >= 0.3 is 0 Å². The zero-order chi connectivity index (χ0) is 24.3. The van der Waals surface area contributed by atoms with Crippen LogP contribution in [0, 0.1) is 31.6 Å². The molecule has 0 aliphatic carbocycles. The first-order valence-electron chi connectivity index (χ1n) is 8.71. The van der Waals surface area contributed by atoms with Gasteiger partial charge in [0.15, 0.2) is 0 Å². The van der Waals surface area contributed by atoms with E-state index in [2.05, 4.69) is 5.32 Å². The third kappa shape index (κ3) is 5.30. The number of carbonyl (C=O) groups excluding carboxylic acids is 1. The van der Waals surface area contributed by atoms with Crippen LogP contribution in [0.25, 0.3) is 17.4 Å². The molecule has 33 heavy (non-hydrogen) atoms. The highest BCUT2D eigenvalue weighted by molar-refractivity contribution is 6.40. The summed E-state index contributed by atoms with van der Waals surface area (Å²) in [4.78, 5) is 32.9. The summed E-state index contributed by atoms with van der Waals surface area (Å²) in [5, 5.41) is 33.1. The Hall–Kier alpha value is -3.91. The molecule has 0 spiro atoms. The number of nitriles is 1. The quantitative estimate of drug-likeness (QED) is 0.178. The van der Waals surface area contributed by atoms with E-state index >= 15 is 0 Å². The zero-order valence-corrected chi connectivity index (χ0v) is 18.3. The molecule has 10 nitrogen and oxygen atoms in total. The van der Waals surface area contributed by atoms with E-state index < -0.39 is 15.8 Å². The number of nitro groups is 2. The van der Waals surface area contributed by atoms with Gasteiger partial charge in [-0.05, 0) is 18.2 Å². The Labute approximate surface area is 199 Å². The van der Waals surface area contributed by atoms with Crippen molar-refractivity contribution >= 4 is 63.8 Å². The van der Waals surface area contributed by atoms with Crippen LogP contribution in [0.2, 0.25) is 15.1 Å². The van der Waals surface area contributed by atoms with Gasteiger partial charge in [-0.2, -0.15) is 5.26 Å². The van der Waals surface area contributed by atoms with Crippen LogP contribution in [-0.4, -0.2) is 15.8 Å². The van der Waals surface area contributed by atoms with E-state index in [1.54, 1.807) is 6.07 Å². The molecule has 0 radical (unpaired) electrons. The minimum Gasteiger partial charge on any atom is -0.457 e. The molecule has 1 amide bonds. The van der Waals surface area contributed by atoms with E-state index in [-0.39, 0.29) is 49.2 Å². The number of halogens is 3. The lowest BCUT2D eigenvalue weighted by atomic mass is 10.1. The molecule has 0 unspecified atom stereocenters. The first kappa shape index (κ1) is 23.7. The summed E-state index contributed by atoms with van der Waals surface area (Å²) >= 11 is 18.0. The molecule has 3 aromatic rings. The standard InChI is InChI=1S/C20H9Cl3N4O6/c21-15-6-11(26(29)30)1-3-14(15)18-4-2-13(33-18)5-10(9-24)20(28)25-19-16(22)7-12(27(31)32)8-17(19)23/h1-8H,(H,25,28)/b10-5+. The first-order valence-corrected chi connectivity index (χ1v) is 9.85. The molecule has 1 N–H and O–H groups in total. The summed E-state index contributed by atoms with van der Waals surface area (Å²) in [5.74, 6) is -0.520. The highest BCUT2D eigenvalue weighted by Crippen LogP contribution is 2.35. The van der Waals surface area contributed by atoms with Crippen LogP contribution >= 0.6 is 34.8 Å². The van der Waals surface area contributed by atoms with Crippen LogP contribution in [0.4, 0.5) is 17.1 Å². The van der Waals surface area contributed by atoms with E-state index in [1.165, 1.54) is 30.3 Å². The van der Waals surface area contributed by atoms with Gasteiger partial charge in [0, 0.05) is 35.9 Å². The van der Waals surface area contributed by atoms with Crippen molar-refractivity contribution in [1.29, 1.82) is 5.26 Å². The lowest BCUT2D eigenvalue weighted by Gasteiger charge is -2.08. The fraction of sp³-hybridized carbons (Fsp3) is 0. The summed E-state index contributed by atoms with van der Waals surface area (Å²) in [6.07, 6.45) is 1.14. The van der Waals surface area contributed by atoms with Gasteiger partial charge in [0.25, 0.3) is 17.3 Å². The summed E-state index contributed by atoms with van der Waals surface area (Å²) in [5.41, 5.74) is -0.673. The molecule has 13 heteroatoms. The molecule has 2 aromatic carbocycles. The van der Waals surface area contributed by atoms with Gasteiger partial charge in [-0.3, -0.25) is 25.0 Å². The van der Waals surface area contributed by atoms with Crippen molar-refractivity contribution in [2.75, 3.05) is 5.32 Å². The number of nitrogens with one attached hydrogen (secondary N) is 1. The Morgan fingerprint density at radius 3 is 2.12 bits per heavy atom. The van der Waals surface area contributed by atoms with E-state index in [1.807, 2.05) is 0 Å². The SMILES string of the molecule is N#C/C(=C\c1ccc(-c2ccc([N+](=O)[O-])cc2Cl)o1)C(=O)Nc1c(Cl)cc([N+](=O)[O-])cc1Cl. The Morgan fingerprint density at radius 2 is 1.58 bits per heavy atom. The largest absolute Gasteiger partial charge is 0.457 e. The van der Waals surface area contributed by atoms with E-state index in [9.17, 15) is 30.3 Å². The molecule has 0 bridgehead atoms. The summed E-state index contributed by atoms with van der Waals surface area (Å²) in [7, 11) is 0. The van der Waals surface area contributed by atoms with Gasteiger partial charge < -0.3 is 9.73 Å². The van der Waals surface area contributed by atoms with Crippen LogP contribution in [0.15, 0.2) is 52.5 Å². The minimum atomic E-state index is -0.888. The third-order valence-electron chi connectivity index (χ3n) is 4.18. The van der Waals surface area contributed by atoms with Crippen molar-refractivity contribution in [2.24, 2.45) is 0 Å². The van der Waals surface area contributed by atoms with Crippen LogP contribution in [0.3, 0.4) is 0 Å². The van der Waals surface area contributed by atoms with E-state index in [0.29, 0.717) is 5.56 Å². The van der Waals surface area contributed by atoms with Gasteiger partial charge in [-0.1, -0.05) is 34.8 Å². The normalized spacial score (nSPS) is 11.0. The maximum atomic E-state index is 12.5. The van der Waals surface area contributed by atoms with Gasteiger partial charge in [0.2, 0.25) is 0 Å². The Bertz CT molecular complexity index is 1350. The lowest BCUT2D eigenvalue weighted by Crippen LogP contribution is -2.14. The monoisotopic (exact) mass is 506 g/mol. The van der Waals surface area contributed by atoms with E-state index in [4.69, 9.17) is 39.2 Å². The molecular weight excluding hydrogens is 499 g/mol. The third-order valence-corrected chi connectivity index (χ3v) is 5.09. The average molecular weight is 508 g/mol. The number of hydrogen-bond donors (Lipinski definition) is 1. The van der Waals surface area contributed by atoms with Gasteiger partial charge in [-0.15, -0.1) is 0 Å². The second-order valence-electron chi connectivity index (χ2n) is 6.29. The molecule has 0 atom stereocenters. The second kappa shape index (κ2) is 9.70. The topological polar surface area (TPSA) is 152 Å². The van der Waals surface area contributed by atoms with Crippen LogP contribution in [0.5, 0.6) is 0 Å². The fourth-order valence-electron chi connectivity index (χ4n) is 2.65. The molecule has 0 aliphatic heterocycles. The number of rotatable bonds is 6. The van der Waals surface area contributed by atoms with Gasteiger partial charge in [0.1, 0.15) is 23.2 Å². The van der Waals surface area contributed by atoms with Crippen molar-refractivity contribution in [3.63, 3.8) is 0 Å². The number of nitro benzene ring substituents is 2. The molecule has 0 aliphatic rings. The Balaban J connectivity index is 1.86. The van der Waals surface area contributed by atoms with Crippen molar-refractivity contribution in [1.82, 2.24) is 0 Å². The Morgan fingerprint density at radius 1 is 0.970 bits per heavy atom. The van der Waals surface area contributed by atoms with E-state index in [0.717, 1.165) is 18.2 Å². The summed E-state index contributed by atoms with van der Waals surface area (Å²) in [6.45, 7) is 0. The van der Waals surface area contributed by atoms with Crippen molar-refractivity contribution in [3.8, 4) is 17.4 Å². The van der Waals surface area contributed by atoms with Crippen molar-refractivity contribution < 1.29 is 19.1 Å². The van der Waals surface area contributed by atoms with Crippen LogP contribution in [-0.2, 0) is 4.79 Å². The second-order valence-corrected chi connectivity index (χ2v) is 7.51. The molecule has 166 valence electrons. The van der Waals surface area contributed by atoms with Gasteiger partial charge in [-0.25, -0.2) is 0 Å². The smallest absolute Gasteiger partial charge is 0.272 e. The maximum absolute atomic E-state index is 12.5. The van der Waals surface area contributed by atoms with Crippen LogP contribution in [0.1, 0.15) is 5.76 Å². The lowest BCUT2D eigenvalue weighted by molar-refractivity contribution is -0.385. The predicted octanol–water partition coefficient (Wildman–Crippen LogP) is 6.27. The summed E-state index contributed by atoms with van der Waals surface area (Å²) < 4.78 is 5.58. The molecule has 0 fully saturated rings. The molecule has 1 heterocycles. The Kier molecular flexibility index (Phi) is 6.98.